The molecule has 0 saturated heterocycles. The van der Waals surface area contributed by atoms with Gasteiger partial charge in [-0.3, -0.25) is 4.98 Å². The number of pyridine rings is 1. The number of nitrogens with zero attached hydrogens (tertiary/aromatic N) is 1. The number of carboxylic acid groups (broad SMARTS) is 1. The van der Waals surface area contributed by atoms with Crippen LogP contribution in [0.5, 0.6) is 0 Å². The lowest BCUT2D eigenvalue weighted by molar-refractivity contribution is -0.144. The molecule has 1 fully saturated rings. The second-order valence-electron chi connectivity index (χ2n) is 4.91. The topological polar surface area (TPSA) is 91.3 Å². The number of hydrogen-bond acceptors (Lipinski definition) is 3. The molecule has 20 heavy (non-hydrogen) atoms. The number of carbonyl (C=O) groups is 2. The maximum atomic E-state index is 11.8. The summed E-state index contributed by atoms with van der Waals surface area (Å²) in [7, 11) is 0. The average Bonchev–Trinajstić information content (AvgIpc) is 2.86. The number of aromatic nitrogens is 1. The van der Waals surface area contributed by atoms with Gasteiger partial charge in [0.05, 0.1) is 0 Å². The van der Waals surface area contributed by atoms with Gasteiger partial charge >= 0.3 is 12.0 Å². The Hall–Kier alpha value is -1.63. The predicted molar refractivity (Wildman–Crippen MR) is 76.1 cm³/mol. The van der Waals surface area contributed by atoms with Crippen LogP contribution in [-0.4, -0.2) is 27.6 Å². The van der Waals surface area contributed by atoms with Crippen molar-refractivity contribution in [2.24, 2.45) is 0 Å². The van der Waals surface area contributed by atoms with Crippen molar-refractivity contribution in [3.63, 3.8) is 0 Å². The highest BCUT2D eigenvalue weighted by molar-refractivity contribution is 9.10. The number of aliphatic carboxylic acids is 1. The summed E-state index contributed by atoms with van der Waals surface area (Å²) in [5.41, 5.74) is -0.273. The lowest BCUT2D eigenvalue weighted by Gasteiger charge is -2.25. The smallest absolute Gasteiger partial charge is 0.329 e. The van der Waals surface area contributed by atoms with Crippen molar-refractivity contribution in [3.05, 3.63) is 28.5 Å². The van der Waals surface area contributed by atoms with Gasteiger partial charge in [0.25, 0.3) is 0 Å². The maximum Gasteiger partial charge on any atom is 0.329 e. The highest BCUT2D eigenvalue weighted by atomic mass is 79.9. The molecule has 0 spiro atoms. The second kappa shape index (κ2) is 6.21. The Labute approximate surface area is 125 Å². The number of nitrogens with one attached hydrogen (secondary N) is 2. The molecule has 0 unspecified atom stereocenters. The summed E-state index contributed by atoms with van der Waals surface area (Å²) in [6, 6.07) is 1.38. The summed E-state index contributed by atoms with van der Waals surface area (Å²) in [5, 5.41) is 14.5. The minimum atomic E-state index is -1.11. The third kappa shape index (κ3) is 3.47. The Morgan fingerprint density at radius 2 is 2.05 bits per heavy atom. The van der Waals surface area contributed by atoms with E-state index < -0.39 is 17.5 Å². The number of rotatable bonds is 4. The highest BCUT2D eigenvalue weighted by Crippen LogP contribution is 2.29. The molecule has 7 heteroatoms. The van der Waals surface area contributed by atoms with Crippen LogP contribution >= 0.6 is 15.9 Å². The zero-order valence-electron chi connectivity index (χ0n) is 10.9. The van der Waals surface area contributed by atoms with Crippen LogP contribution in [-0.2, 0) is 11.3 Å². The number of hydrogen-bond donors (Lipinski definition) is 3. The van der Waals surface area contributed by atoms with Crippen LogP contribution in [0.25, 0.3) is 0 Å². The van der Waals surface area contributed by atoms with Gasteiger partial charge in [0.2, 0.25) is 0 Å². The first-order valence-electron chi connectivity index (χ1n) is 6.41. The summed E-state index contributed by atoms with van der Waals surface area (Å²) < 4.78 is 0.829. The lowest BCUT2D eigenvalue weighted by Crippen LogP contribution is -2.55. The van der Waals surface area contributed by atoms with Crippen molar-refractivity contribution < 1.29 is 14.7 Å². The third-order valence-electron chi connectivity index (χ3n) is 3.43. The van der Waals surface area contributed by atoms with E-state index in [0.717, 1.165) is 22.9 Å². The standard InChI is InChI=1S/C13H16BrN3O3/c14-10-5-9(6-15-8-10)7-16-12(20)17-13(11(18)19)3-1-2-4-13/h5-6,8H,1-4,7H2,(H,18,19)(H2,16,17,20). The molecule has 1 aliphatic rings. The van der Waals surface area contributed by atoms with Gasteiger partial charge in [-0.05, 0) is 40.4 Å². The summed E-state index contributed by atoms with van der Waals surface area (Å²) in [4.78, 5) is 27.2. The Kier molecular flexibility index (Phi) is 4.59. The van der Waals surface area contributed by atoms with E-state index in [0.29, 0.717) is 19.4 Å². The van der Waals surface area contributed by atoms with Crippen LogP contribution in [0.1, 0.15) is 31.2 Å². The van der Waals surface area contributed by atoms with Crippen molar-refractivity contribution in [1.82, 2.24) is 15.6 Å². The van der Waals surface area contributed by atoms with Crippen LogP contribution in [0, 0.1) is 0 Å². The Morgan fingerprint density at radius 3 is 2.65 bits per heavy atom. The van der Waals surface area contributed by atoms with Crippen LogP contribution in [0.3, 0.4) is 0 Å². The number of amides is 2. The Morgan fingerprint density at radius 1 is 1.35 bits per heavy atom. The SMILES string of the molecule is O=C(NCc1cncc(Br)c1)NC1(C(=O)O)CCCC1. The van der Waals surface area contributed by atoms with E-state index in [1.165, 1.54) is 0 Å². The molecule has 108 valence electrons. The van der Waals surface area contributed by atoms with Gasteiger partial charge in [-0.2, -0.15) is 0 Å². The summed E-state index contributed by atoms with van der Waals surface area (Å²) in [5.74, 6) is -0.964. The van der Waals surface area contributed by atoms with Crippen LogP contribution in [0.15, 0.2) is 22.9 Å². The molecule has 0 bridgehead atoms. The van der Waals surface area contributed by atoms with E-state index >= 15 is 0 Å². The normalized spacial score (nSPS) is 16.6. The molecule has 0 aromatic carbocycles. The van der Waals surface area contributed by atoms with E-state index in [1.807, 2.05) is 6.07 Å². The van der Waals surface area contributed by atoms with Crippen LogP contribution in [0.4, 0.5) is 4.79 Å². The molecule has 0 radical (unpaired) electrons. The molecule has 0 aliphatic heterocycles. The van der Waals surface area contributed by atoms with Gasteiger partial charge in [0.15, 0.2) is 0 Å². The van der Waals surface area contributed by atoms with Gasteiger partial charge in [0, 0.05) is 23.4 Å². The van der Waals surface area contributed by atoms with Crippen LogP contribution in [0.2, 0.25) is 0 Å². The maximum absolute atomic E-state index is 11.8. The van der Waals surface area contributed by atoms with E-state index in [9.17, 15) is 14.7 Å². The molecule has 1 aliphatic carbocycles. The fourth-order valence-electron chi connectivity index (χ4n) is 2.37. The summed E-state index contributed by atoms with van der Waals surface area (Å²) in [6.45, 7) is 0.300. The molecule has 1 aromatic rings. The van der Waals surface area contributed by atoms with E-state index in [4.69, 9.17) is 0 Å². The number of carbonyl (C=O) groups excluding carboxylic acids is 1. The molecule has 1 aromatic heterocycles. The number of carboxylic acids is 1. The monoisotopic (exact) mass is 341 g/mol. The fraction of sp³-hybridized carbons (Fsp3) is 0.462. The molecule has 0 atom stereocenters. The molecule has 3 N–H and O–H groups in total. The summed E-state index contributed by atoms with van der Waals surface area (Å²) >= 11 is 3.30. The first kappa shape index (κ1) is 14.8. The van der Waals surface area contributed by atoms with E-state index in [2.05, 4.69) is 31.5 Å². The van der Waals surface area contributed by atoms with E-state index in [1.54, 1.807) is 12.4 Å². The van der Waals surface area contributed by atoms with Gasteiger partial charge in [-0.25, -0.2) is 9.59 Å². The summed E-state index contributed by atoms with van der Waals surface area (Å²) in [6.07, 6.45) is 5.90. The van der Waals surface area contributed by atoms with Crippen molar-refractivity contribution in [2.45, 2.75) is 37.8 Å². The molecule has 2 amide bonds. The quantitative estimate of drug-likeness (QED) is 0.781. The van der Waals surface area contributed by atoms with Gasteiger partial charge < -0.3 is 15.7 Å². The molecule has 1 saturated carbocycles. The van der Waals surface area contributed by atoms with E-state index in [-0.39, 0.29) is 0 Å². The number of urea groups is 1. The van der Waals surface area contributed by atoms with Crippen molar-refractivity contribution in [3.8, 4) is 0 Å². The minimum absolute atomic E-state index is 0.300. The largest absolute Gasteiger partial charge is 0.480 e. The van der Waals surface area contributed by atoms with Crippen molar-refractivity contribution >= 4 is 27.9 Å². The molecular weight excluding hydrogens is 326 g/mol. The number of halogens is 1. The molecule has 6 nitrogen and oxygen atoms in total. The minimum Gasteiger partial charge on any atom is -0.480 e. The average molecular weight is 342 g/mol. The Bertz CT molecular complexity index is 515. The molecule has 2 rings (SSSR count). The predicted octanol–water partition coefficient (Wildman–Crippen LogP) is 2.04. The second-order valence-corrected chi connectivity index (χ2v) is 5.83. The van der Waals surface area contributed by atoms with Gasteiger partial charge in [0.1, 0.15) is 5.54 Å². The van der Waals surface area contributed by atoms with Crippen molar-refractivity contribution in [1.29, 1.82) is 0 Å². The van der Waals surface area contributed by atoms with Gasteiger partial charge in [-0.15, -0.1) is 0 Å². The first-order valence-corrected chi connectivity index (χ1v) is 7.20. The van der Waals surface area contributed by atoms with Crippen LogP contribution < -0.4 is 10.6 Å². The highest BCUT2D eigenvalue weighted by Gasteiger charge is 2.42. The van der Waals surface area contributed by atoms with Crippen molar-refractivity contribution in [2.75, 3.05) is 0 Å². The molecule has 1 heterocycles. The fourth-order valence-corrected chi connectivity index (χ4v) is 2.78. The Balaban J connectivity index is 1.90. The van der Waals surface area contributed by atoms with Gasteiger partial charge in [-0.1, -0.05) is 12.8 Å². The zero-order valence-corrected chi connectivity index (χ0v) is 12.4. The molecular formula is C13H16BrN3O3. The lowest BCUT2D eigenvalue weighted by atomic mass is 9.98. The first-order chi connectivity index (χ1) is 9.52. The zero-order chi connectivity index (χ0) is 14.6. The third-order valence-corrected chi connectivity index (χ3v) is 3.87.